The van der Waals surface area contributed by atoms with Crippen molar-refractivity contribution in [2.75, 3.05) is 26.0 Å². The van der Waals surface area contributed by atoms with Crippen molar-refractivity contribution < 1.29 is 22.2 Å². The van der Waals surface area contributed by atoms with Crippen molar-refractivity contribution in [2.24, 2.45) is 0 Å². The zero-order valence-electron chi connectivity index (χ0n) is 21.8. The van der Waals surface area contributed by atoms with Gasteiger partial charge in [0.1, 0.15) is 18.3 Å². The zero-order chi connectivity index (χ0) is 27.0. The Hall–Kier alpha value is -1.65. The quantitative estimate of drug-likeness (QED) is 0.268. The molecule has 5 atom stereocenters. The molecule has 2 bridgehead atoms. The van der Waals surface area contributed by atoms with Crippen molar-refractivity contribution >= 4 is 18.5 Å². The van der Waals surface area contributed by atoms with Crippen molar-refractivity contribution in [3.63, 3.8) is 0 Å². The number of sulfonamides is 1. The summed E-state index contributed by atoms with van der Waals surface area (Å²) >= 11 is 0. The van der Waals surface area contributed by atoms with Gasteiger partial charge in [-0.05, 0) is 41.0 Å². The van der Waals surface area contributed by atoms with Crippen LogP contribution in [0.4, 0.5) is 0 Å². The highest BCUT2D eigenvalue weighted by atomic mass is 32.2. The average Bonchev–Trinajstić information content (AvgIpc) is 3.03. The highest BCUT2D eigenvalue weighted by Gasteiger charge is 2.65. The topological polar surface area (TPSA) is 128 Å². The Labute approximate surface area is 213 Å². The average molecular weight is 546 g/mol. The number of hydrogen-bond donors (Lipinski definition) is 1. The molecule has 1 N–H and O–H groups in total. The van der Waals surface area contributed by atoms with Gasteiger partial charge in [-0.1, -0.05) is 6.92 Å². The standard InChI is InChI=1S/C22H36N5O7PS/c1-9-22-13-36(30,31)25(8)17(20(33-22)26-12-16(6)19(28)24-21(26)29)18(22)34-35(32-11-10-23-7)27(14(2)3)15(4)5/h12,14-15,17-18,20H,9-11,13H2,1-6,8H3,(H,24,28,29)/t17-,18?,20+,22-,35?/m0/s1. The highest BCUT2D eigenvalue weighted by Crippen LogP contribution is 2.55. The fourth-order valence-electron chi connectivity index (χ4n) is 4.85. The van der Waals surface area contributed by atoms with E-state index in [1.807, 2.05) is 34.6 Å². The van der Waals surface area contributed by atoms with Crippen LogP contribution in [0.2, 0.25) is 0 Å². The first kappa shape index (κ1) is 28.9. The maximum absolute atomic E-state index is 13.2. The monoisotopic (exact) mass is 545 g/mol. The zero-order valence-corrected chi connectivity index (χ0v) is 23.5. The van der Waals surface area contributed by atoms with Gasteiger partial charge in [-0.3, -0.25) is 14.3 Å². The van der Waals surface area contributed by atoms with Crippen LogP contribution in [-0.4, -0.2) is 82.7 Å². The summed E-state index contributed by atoms with van der Waals surface area (Å²) in [7, 11) is -3.98. The molecule has 2 aliphatic heterocycles. The minimum atomic E-state index is -3.73. The molecule has 36 heavy (non-hydrogen) atoms. The van der Waals surface area contributed by atoms with Crippen molar-refractivity contribution in [1.29, 1.82) is 0 Å². The molecule has 2 fully saturated rings. The van der Waals surface area contributed by atoms with Gasteiger partial charge in [0.2, 0.25) is 16.6 Å². The van der Waals surface area contributed by atoms with Crippen LogP contribution in [0.25, 0.3) is 4.85 Å². The molecule has 0 aromatic carbocycles. The molecule has 0 aliphatic carbocycles. The predicted molar refractivity (Wildman–Crippen MR) is 136 cm³/mol. The Morgan fingerprint density at radius 2 is 1.97 bits per heavy atom. The van der Waals surface area contributed by atoms with E-state index >= 15 is 0 Å². The first-order chi connectivity index (χ1) is 16.8. The largest absolute Gasteiger partial charge is 0.346 e. The summed E-state index contributed by atoms with van der Waals surface area (Å²) in [4.78, 5) is 30.4. The first-order valence-corrected chi connectivity index (χ1v) is 14.7. The molecule has 0 spiro atoms. The molecule has 2 unspecified atom stereocenters. The molecule has 2 saturated heterocycles. The van der Waals surface area contributed by atoms with Gasteiger partial charge in [-0.2, -0.15) is 4.31 Å². The minimum Gasteiger partial charge on any atom is -0.346 e. The molecule has 0 amide bonds. The second-order valence-electron chi connectivity index (χ2n) is 9.71. The Kier molecular flexibility index (Phi) is 8.83. The van der Waals surface area contributed by atoms with Crippen LogP contribution in [0, 0.1) is 13.5 Å². The molecule has 0 saturated carbocycles. The lowest BCUT2D eigenvalue weighted by Crippen LogP contribution is -2.61. The number of rotatable bonds is 10. The molecule has 3 rings (SSSR count). The molecule has 202 valence electrons. The summed E-state index contributed by atoms with van der Waals surface area (Å²) in [6.07, 6.45) is -0.0911. The second-order valence-corrected chi connectivity index (χ2v) is 13.1. The van der Waals surface area contributed by atoms with E-state index in [1.54, 1.807) is 6.92 Å². The lowest BCUT2D eigenvalue weighted by Gasteiger charge is -2.44. The van der Waals surface area contributed by atoms with Crippen LogP contribution in [-0.2, 0) is 23.8 Å². The highest BCUT2D eigenvalue weighted by molar-refractivity contribution is 7.89. The molecule has 0 radical (unpaired) electrons. The number of aromatic amines is 1. The summed E-state index contributed by atoms with van der Waals surface area (Å²) in [5.41, 5.74) is -2.16. The number of fused-ring (bicyclic) bond motifs is 2. The summed E-state index contributed by atoms with van der Waals surface area (Å²) in [5.74, 6) is -0.323. The Balaban J connectivity index is 2.12. The van der Waals surface area contributed by atoms with E-state index in [2.05, 4.69) is 14.5 Å². The van der Waals surface area contributed by atoms with Gasteiger partial charge in [0.25, 0.3) is 14.1 Å². The number of nitrogens with zero attached hydrogens (tertiary/aromatic N) is 4. The van der Waals surface area contributed by atoms with E-state index < -0.39 is 53.8 Å². The number of likely N-dealkylation sites (N-methyl/N-ethyl adjacent to an activating group) is 1. The third-order valence-corrected chi connectivity index (χ3v) is 10.7. The van der Waals surface area contributed by atoms with Crippen LogP contribution >= 0.6 is 8.53 Å². The summed E-state index contributed by atoms with van der Waals surface area (Å²) < 4.78 is 50.0. The van der Waals surface area contributed by atoms with Crippen LogP contribution in [0.3, 0.4) is 0 Å². The lowest BCUT2D eigenvalue weighted by molar-refractivity contribution is -0.0874. The Morgan fingerprint density at radius 1 is 1.33 bits per heavy atom. The molecular weight excluding hydrogens is 509 g/mol. The Bertz CT molecular complexity index is 1200. The molecule has 1 aromatic heterocycles. The summed E-state index contributed by atoms with van der Waals surface area (Å²) in [6, 6.07) is -0.793. The van der Waals surface area contributed by atoms with E-state index in [0.29, 0.717) is 12.0 Å². The number of hydrogen-bond acceptors (Lipinski definition) is 8. The number of nitrogens with one attached hydrogen (secondary N) is 1. The van der Waals surface area contributed by atoms with Gasteiger partial charge in [0.05, 0.1) is 11.8 Å². The van der Waals surface area contributed by atoms with Gasteiger partial charge in [0.15, 0.2) is 6.23 Å². The summed E-state index contributed by atoms with van der Waals surface area (Å²) in [6.45, 7) is 18.9. The molecule has 2 aliphatic rings. The molecule has 3 heterocycles. The third kappa shape index (κ3) is 5.31. The van der Waals surface area contributed by atoms with Gasteiger partial charge in [0, 0.05) is 30.9 Å². The molecule has 12 nitrogen and oxygen atoms in total. The molecular formula is C22H36N5O7PS. The van der Waals surface area contributed by atoms with Crippen LogP contribution in [0.1, 0.15) is 52.8 Å². The summed E-state index contributed by atoms with van der Waals surface area (Å²) in [5, 5.41) is 0. The SMILES string of the molecule is [C-]#[N+]CCOP(OC1[C@H]2[C@H](n3cc(C)c(=O)[nH]c3=O)O[C@@]1(CC)CS(=O)(=O)N2C)N(C(C)C)C(C)C. The van der Waals surface area contributed by atoms with Crippen molar-refractivity contribution in [1.82, 2.24) is 18.5 Å². The smallest absolute Gasteiger partial charge is 0.330 e. The fraction of sp³-hybridized carbons (Fsp3) is 0.773. The van der Waals surface area contributed by atoms with E-state index in [0.717, 1.165) is 0 Å². The van der Waals surface area contributed by atoms with E-state index in [4.69, 9.17) is 20.4 Å². The third-order valence-electron chi connectivity index (χ3n) is 6.64. The van der Waals surface area contributed by atoms with Crippen molar-refractivity contribution in [3.8, 4) is 0 Å². The van der Waals surface area contributed by atoms with E-state index in [-0.39, 0.29) is 31.0 Å². The van der Waals surface area contributed by atoms with Crippen LogP contribution in [0.15, 0.2) is 15.8 Å². The van der Waals surface area contributed by atoms with Crippen LogP contribution < -0.4 is 11.2 Å². The van der Waals surface area contributed by atoms with Crippen LogP contribution in [0.5, 0.6) is 0 Å². The number of aromatic nitrogens is 2. The van der Waals surface area contributed by atoms with Gasteiger partial charge >= 0.3 is 5.69 Å². The second kappa shape index (κ2) is 11.0. The van der Waals surface area contributed by atoms with Crippen molar-refractivity contribution in [3.05, 3.63) is 44.0 Å². The maximum Gasteiger partial charge on any atom is 0.330 e. The van der Waals surface area contributed by atoms with Gasteiger partial charge in [-0.15, -0.1) is 0 Å². The number of ether oxygens (including phenoxy) is 1. The molecule has 14 heteroatoms. The lowest BCUT2D eigenvalue weighted by atomic mass is 9.93. The normalized spacial score (nSPS) is 28.6. The number of H-pyrrole nitrogens is 1. The Morgan fingerprint density at radius 3 is 2.53 bits per heavy atom. The minimum absolute atomic E-state index is 0.0468. The van der Waals surface area contributed by atoms with Crippen molar-refractivity contribution in [2.45, 2.75) is 84.0 Å². The van der Waals surface area contributed by atoms with Gasteiger partial charge in [-0.25, -0.2) is 24.5 Å². The van der Waals surface area contributed by atoms with E-state index in [1.165, 1.54) is 22.1 Å². The predicted octanol–water partition coefficient (Wildman–Crippen LogP) is 1.83. The molecule has 1 aromatic rings. The van der Waals surface area contributed by atoms with E-state index in [9.17, 15) is 18.0 Å². The first-order valence-electron chi connectivity index (χ1n) is 12.0. The maximum atomic E-state index is 13.2. The fourth-order valence-corrected chi connectivity index (χ4v) is 8.50. The number of aryl methyl sites for hydroxylation is 1. The van der Waals surface area contributed by atoms with Gasteiger partial charge < -0.3 is 18.6 Å².